The van der Waals surface area contributed by atoms with Gasteiger partial charge in [-0.1, -0.05) is 116 Å². The first-order valence-corrected chi connectivity index (χ1v) is 20.1. The Morgan fingerprint density at radius 3 is 1.11 bits per heavy atom. The van der Waals surface area contributed by atoms with E-state index in [1.165, 1.54) is 0 Å². The average Bonchev–Trinajstić information content (AvgIpc) is 3.32. The van der Waals surface area contributed by atoms with E-state index >= 15 is 0 Å². The van der Waals surface area contributed by atoms with Crippen LogP contribution in [0, 0.1) is 0 Å². The summed E-state index contributed by atoms with van der Waals surface area (Å²) in [4.78, 5) is 1.25. The summed E-state index contributed by atoms with van der Waals surface area (Å²) in [5, 5.41) is 2.28. The molecule has 1 heterocycles. The molecule has 2 nitrogen and oxygen atoms in total. The first-order chi connectivity index (χ1) is 16.0. The van der Waals surface area contributed by atoms with Crippen molar-refractivity contribution < 1.29 is 8.42 Å². The topological polar surface area (TPSA) is 34.1 Å². The summed E-state index contributed by atoms with van der Waals surface area (Å²) in [5.41, 5.74) is 6.41. The SMILES string of the molecule is CC(C)(C)[Si](C)(C)C1=C2C(=C3C(=C([Si](C)(C)C(C)(C)C)c4ccccc43)S2(=O)=O)c2ccccc21. The van der Waals surface area contributed by atoms with Crippen molar-refractivity contribution in [3.8, 4) is 0 Å². The highest BCUT2D eigenvalue weighted by molar-refractivity contribution is 8.01. The van der Waals surface area contributed by atoms with E-state index < -0.39 is 26.0 Å². The maximum atomic E-state index is 14.8. The molecule has 0 spiro atoms. The van der Waals surface area contributed by atoms with Gasteiger partial charge in [-0.3, -0.25) is 0 Å². The zero-order valence-electron chi connectivity index (χ0n) is 22.8. The predicted molar refractivity (Wildman–Crippen MR) is 157 cm³/mol. The van der Waals surface area contributed by atoms with Crippen LogP contribution >= 0.6 is 0 Å². The van der Waals surface area contributed by atoms with Gasteiger partial charge in [0.25, 0.3) is 0 Å². The highest BCUT2D eigenvalue weighted by Crippen LogP contribution is 2.66. The third-order valence-corrected chi connectivity index (χ3v) is 22.9. The molecular weight excluding hydrogens is 481 g/mol. The molecule has 35 heavy (non-hydrogen) atoms. The Bertz CT molecular complexity index is 1390. The van der Waals surface area contributed by atoms with Gasteiger partial charge in [-0.2, -0.15) is 0 Å². The van der Waals surface area contributed by atoms with Crippen molar-refractivity contribution in [2.75, 3.05) is 0 Å². The van der Waals surface area contributed by atoms with Gasteiger partial charge in [-0.15, -0.1) is 0 Å². The lowest BCUT2D eigenvalue weighted by atomic mass is 9.97. The summed E-state index contributed by atoms with van der Waals surface area (Å²) in [5.74, 6) is 0. The largest absolute Gasteiger partial charge is 0.218 e. The van der Waals surface area contributed by atoms with Gasteiger partial charge in [0.05, 0.1) is 26.0 Å². The standard InChI is InChI=1S/C30H38O2SSi2/c1-29(2,3)34(7,8)27-21-17-13-11-15-19(21)23-24-20-16-12-14-18-22(20)28(35(9,10)30(4,5)6)26(24)33(31,32)25(23)27/h11-18H,1-10H3. The van der Waals surface area contributed by atoms with Crippen molar-refractivity contribution in [3.05, 3.63) is 80.6 Å². The minimum Gasteiger partial charge on any atom is -0.218 e. The molecule has 184 valence electrons. The van der Waals surface area contributed by atoms with Gasteiger partial charge in [-0.05, 0) is 42.7 Å². The summed E-state index contributed by atoms with van der Waals surface area (Å²) < 4.78 is 29.7. The van der Waals surface area contributed by atoms with Crippen LogP contribution in [0.15, 0.2) is 58.3 Å². The van der Waals surface area contributed by atoms with Crippen LogP contribution in [0.2, 0.25) is 36.3 Å². The van der Waals surface area contributed by atoms with Crippen molar-refractivity contribution in [2.45, 2.75) is 77.8 Å². The predicted octanol–water partition coefficient (Wildman–Crippen LogP) is 8.57. The fourth-order valence-corrected chi connectivity index (χ4v) is 14.6. The number of benzene rings is 2. The maximum Gasteiger partial charge on any atom is 0.207 e. The Balaban J connectivity index is 2.02. The quantitative estimate of drug-likeness (QED) is 0.373. The fourth-order valence-electron chi connectivity index (χ4n) is 5.70. The lowest BCUT2D eigenvalue weighted by Gasteiger charge is -2.40. The summed E-state index contributed by atoms with van der Waals surface area (Å²) in [6.07, 6.45) is 0. The number of fused-ring (bicyclic) bond motifs is 6. The molecule has 2 aromatic carbocycles. The van der Waals surface area contributed by atoms with Crippen molar-refractivity contribution >= 4 is 47.5 Å². The van der Waals surface area contributed by atoms with Crippen LogP contribution in [-0.4, -0.2) is 24.6 Å². The van der Waals surface area contributed by atoms with Gasteiger partial charge in [0, 0.05) is 11.1 Å². The molecule has 0 atom stereocenters. The second-order valence-electron chi connectivity index (χ2n) is 13.5. The van der Waals surface area contributed by atoms with E-state index in [-0.39, 0.29) is 10.1 Å². The van der Waals surface area contributed by atoms with Gasteiger partial charge in [0.15, 0.2) is 0 Å². The molecule has 1 aliphatic heterocycles. The monoisotopic (exact) mass is 518 g/mol. The van der Waals surface area contributed by atoms with E-state index in [1.54, 1.807) is 0 Å². The summed E-state index contributed by atoms with van der Waals surface area (Å²) >= 11 is 0. The van der Waals surface area contributed by atoms with Crippen LogP contribution in [0.5, 0.6) is 0 Å². The van der Waals surface area contributed by atoms with E-state index in [0.29, 0.717) is 9.81 Å². The van der Waals surface area contributed by atoms with E-state index in [4.69, 9.17) is 0 Å². The number of hydrogen-bond acceptors (Lipinski definition) is 2. The zero-order chi connectivity index (χ0) is 25.9. The van der Waals surface area contributed by atoms with Crippen LogP contribution in [0.4, 0.5) is 0 Å². The highest BCUT2D eigenvalue weighted by Gasteiger charge is 2.57. The van der Waals surface area contributed by atoms with E-state index in [9.17, 15) is 8.42 Å². The maximum absolute atomic E-state index is 14.8. The molecule has 2 aliphatic carbocycles. The van der Waals surface area contributed by atoms with Gasteiger partial charge >= 0.3 is 0 Å². The molecule has 0 saturated heterocycles. The molecule has 2 aromatic rings. The van der Waals surface area contributed by atoms with Gasteiger partial charge in [-0.25, -0.2) is 8.42 Å². The summed E-state index contributed by atoms with van der Waals surface area (Å²) in [7, 11) is -8.04. The molecular formula is C30H38O2SSi2. The van der Waals surface area contributed by atoms with Crippen LogP contribution in [-0.2, 0) is 9.84 Å². The van der Waals surface area contributed by atoms with Crippen molar-refractivity contribution in [2.24, 2.45) is 0 Å². The molecule has 5 heteroatoms. The fraction of sp³-hybridized carbons (Fsp3) is 0.400. The van der Waals surface area contributed by atoms with E-state index in [2.05, 4.69) is 116 Å². The second kappa shape index (κ2) is 7.08. The molecule has 0 unspecified atom stereocenters. The van der Waals surface area contributed by atoms with Crippen molar-refractivity contribution in [1.82, 2.24) is 0 Å². The Hall–Kier alpha value is -1.96. The summed E-state index contributed by atoms with van der Waals surface area (Å²) in [6.45, 7) is 23.0. The average molecular weight is 519 g/mol. The molecule has 0 amide bonds. The van der Waals surface area contributed by atoms with Gasteiger partial charge < -0.3 is 0 Å². The molecule has 0 N–H and O–H groups in total. The van der Waals surface area contributed by atoms with Gasteiger partial charge in [0.1, 0.15) is 0 Å². The molecule has 5 rings (SSSR count). The molecule has 0 saturated carbocycles. The van der Waals surface area contributed by atoms with Crippen LogP contribution < -0.4 is 0 Å². The number of rotatable bonds is 2. The van der Waals surface area contributed by atoms with Crippen LogP contribution in [0.1, 0.15) is 63.8 Å². The number of sulfone groups is 1. The Morgan fingerprint density at radius 1 is 0.543 bits per heavy atom. The minimum absolute atomic E-state index is 0.0182. The Morgan fingerprint density at radius 2 is 0.829 bits per heavy atom. The van der Waals surface area contributed by atoms with E-state index in [0.717, 1.165) is 43.8 Å². The minimum atomic E-state index is -3.67. The molecule has 0 fully saturated rings. The second-order valence-corrected chi connectivity index (χ2v) is 25.8. The molecule has 0 bridgehead atoms. The van der Waals surface area contributed by atoms with E-state index in [1.807, 2.05) is 0 Å². The third kappa shape index (κ3) is 3.01. The first-order valence-electron chi connectivity index (χ1n) is 12.6. The van der Waals surface area contributed by atoms with Gasteiger partial charge in [0.2, 0.25) is 9.84 Å². The Kier molecular flexibility index (Phi) is 5.00. The normalized spacial score (nSPS) is 19.3. The first kappa shape index (κ1) is 24.7. The lowest BCUT2D eigenvalue weighted by molar-refractivity contribution is 0.611. The summed E-state index contributed by atoms with van der Waals surface area (Å²) in [6, 6.07) is 16.8. The number of hydrogen-bond donors (Lipinski definition) is 0. The van der Waals surface area contributed by atoms with Crippen LogP contribution in [0.25, 0.3) is 21.5 Å². The molecule has 0 radical (unpaired) electrons. The molecule has 0 aromatic heterocycles. The van der Waals surface area contributed by atoms with Crippen molar-refractivity contribution in [1.29, 1.82) is 0 Å². The third-order valence-electron chi connectivity index (χ3n) is 9.63. The van der Waals surface area contributed by atoms with Crippen LogP contribution in [0.3, 0.4) is 0 Å². The zero-order valence-corrected chi connectivity index (χ0v) is 25.7. The smallest absolute Gasteiger partial charge is 0.207 e. The highest BCUT2D eigenvalue weighted by atomic mass is 32.2. The lowest BCUT2D eigenvalue weighted by Crippen LogP contribution is -2.40. The molecule has 3 aliphatic rings. The number of allylic oxidation sites excluding steroid dienone is 2. The van der Waals surface area contributed by atoms with Crippen molar-refractivity contribution in [3.63, 3.8) is 0 Å². The Labute approximate surface area is 213 Å².